The highest BCUT2D eigenvalue weighted by Gasteiger charge is 1.93. The van der Waals surface area contributed by atoms with E-state index in [1.54, 1.807) is 6.92 Å². The Bertz CT molecular complexity index is 788. The largest absolute Gasteiger partial charge is 0.295 e. The summed E-state index contributed by atoms with van der Waals surface area (Å²) in [6.07, 6.45) is 0. The molecule has 0 bridgehead atoms. The highest BCUT2D eigenvalue weighted by molar-refractivity contribution is 6.31. The minimum atomic E-state index is 0.121. The second kappa shape index (κ2) is 11.5. The van der Waals surface area contributed by atoms with Gasteiger partial charge < -0.3 is 0 Å². The Labute approximate surface area is 166 Å². The van der Waals surface area contributed by atoms with Gasteiger partial charge in [0.05, 0.1) is 0 Å². The van der Waals surface area contributed by atoms with Crippen molar-refractivity contribution in [2.24, 2.45) is 0 Å². The number of hydrogen-bond donors (Lipinski definition) is 0. The molecule has 0 aromatic heterocycles. The molecule has 3 rings (SSSR count). The Balaban J connectivity index is 0.000000195. The van der Waals surface area contributed by atoms with E-state index in [0.717, 1.165) is 21.2 Å². The number of benzene rings is 3. The molecule has 136 valence electrons. The predicted molar refractivity (Wildman–Crippen MR) is 114 cm³/mol. The first-order chi connectivity index (χ1) is 12.3. The van der Waals surface area contributed by atoms with E-state index < -0.39 is 0 Å². The van der Waals surface area contributed by atoms with E-state index in [0.29, 0.717) is 0 Å². The second-order valence-electron chi connectivity index (χ2n) is 5.97. The zero-order valence-corrected chi connectivity index (χ0v) is 17.1. The molecule has 0 unspecified atom stereocenters. The van der Waals surface area contributed by atoms with Gasteiger partial charge in [-0.3, -0.25) is 4.79 Å². The topological polar surface area (TPSA) is 17.1 Å². The van der Waals surface area contributed by atoms with Crippen LogP contribution in [0, 0.1) is 20.8 Å². The van der Waals surface area contributed by atoms with Crippen molar-refractivity contribution in [3.05, 3.63) is 105 Å². The minimum Gasteiger partial charge on any atom is -0.295 e. The molecule has 0 saturated heterocycles. The van der Waals surface area contributed by atoms with Gasteiger partial charge in [0, 0.05) is 15.6 Å². The third-order valence-electron chi connectivity index (χ3n) is 3.50. The summed E-state index contributed by atoms with van der Waals surface area (Å²) in [5.74, 6) is 0.121. The Morgan fingerprint density at radius 1 is 0.731 bits per heavy atom. The molecule has 3 aromatic carbocycles. The molecule has 1 nitrogen and oxygen atoms in total. The molecule has 0 fully saturated rings. The lowest BCUT2D eigenvalue weighted by molar-refractivity contribution is 0.101. The number of carbonyl (C=O) groups is 1. The van der Waals surface area contributed by atoms with Crippen LogP contribution in [0.5, 0.6) is 0 Å². The van der Waals surface area contributed by atoms with Crippen molar-refractivity contribution in [3.63, 3.8) is 0 Å². The second-order valence-corrected chi connectivity index (χ2v) is 6.81. The van der Waals surface area contributed by atoms with E-state index in [4.69, 9.17) is 23.2 Å². The minimum absolute atomic E-state index is 0.121. The Morgan fingerprint density at radius 2 is 1.27 bits per heavy atom. The van der Waals surface area contributed by atoms with Gasteiger partial charge in [0.15, 0.2) is 5.78 Å². The van der Waals surface area contributed by atoms with Crippen molar-refractivity contribution in [1.29, 1.82) is 0 Å². The molecule has 26 heavy (non-hydrogen) atoms. The number of aryl methyl sites for hydroxylation is 3. The number of halogens is 2. The molecular formula is C23H24Cl2O. The number of carbonyl (C=O) groups excluding carboxylic acids is 1. The number of rotatable bonds is 1. The Hall–Kier alpha value is -2.09. The van der Waals surface area contributed by atoms with Crippen LogP contribution in [0.3, 0.4) is 0 Å². The van der Waals surface area contributed by atoms with Gasteiger partial charge in [-0.2, -0.15) is 0 Å². The van der Waals surface area contributed by atoms with Crippen LogP contribution in [0.4, 0.5) is 0 Å². The SMILES string of the molecule is CC(=O)c1ccccc1.Cc1ccc(Cl)c(C)c1.Cc1ccc(Cl)cc1. The Morgan fingerprint density at radius 3 is 1.65 bits per heavy atom. The molecule has 0 aliphatic heterocycles. The molecule has 0 atom stereocenters. The molecule has 0 aliphatic rings. The summed E-state index contributed by atoms with van der Waals surface area (Å²) in [4.78, 5) is 10.6. The van der Waals surface area contributed by atoms with Crippen molar-refractivity contribution in [1.82, 2.24) is 0 Å². The summed E-state index contributed by atoms with van der Waals surface area (Å²) in [5, 5.41) is 1.65. The first-order valence-electron chi connectivity index (χ1n) is 8.30. The fraction of sp³-hybridized carbons (Fsp3) is 0.174. The van der Waals surface area contributed by atoms with Gasteiger partial charge in [0.25, 0.3) is 0 Å². The lowest BCUT2D eigenvalue weighted by atomic mass is 10.2. The molecule has 0 amide bonds. The molecule has 0 spiro atoms. The standard InChI is InChI=1S/C8H9Cl.C8H8O.C7H7Cl/c1-6-3-4-8(9)7(2)5-6;1-7(9)8-5-3-2-4-6-8;1-6-2-4-7(8)5-3-6/h3-5H,1-2H3;2-6H,1H3;2-5H,1H3. The number of ketones is 1. The fourth-order valence-electron chi connectivity index (χ4n) is 2.00. The zero-order chi connectivity index (χ0) is 19.5. The third-order valence-corrected chi connectivity index (χ3v) is 4.18. The van der Waals surface area contributed by atoms with Crippen LogP contribution in [-0.4, -0.2) is 5.78 Å². The van der Waals surface area contributed by atoms with E-state index >= 15 is 0 Å². The van der Waals surface area contributed by atoms with Gasteiger partial charge in [-0.15, -0.1) is 0 Å². The monoisotopic (exact) mass is 386 g/mol. The average Bonchev–Trinajstić information content (AvgIpc) is 2.63. The molecule has 0 heterocycles. The third kappa shape index (κ3) is 8.84. The fourth-order valence-corrected chi connectivity index (χ4v) is 2.24. The maximum atomic E-state index is 10.6. The molecule has 0 saturated carbocycles. The first-order valence-corrected chi connectivity index (χ1v) is 9.06. The highest BCUT2D eigenvalue weighted by atomic mass is 35.5. The number of Topliss-reactive ketones (excluding diaryl/α,β-unsaturated/α-hetero) is 1. The van der Waals surface area contributed by atoms with Gasteiger partial charge in [-0.05, 0) is 51.5 Å². The van der Waals surface area contributed by atoms with Crippen molar-refractivity contribution >= 4 is 29.0 Å². The average molecular weight is 387 g/mol. The molecular weight excluding hydrogens is 363 g/mol. The zero-order valence-electron chi connectivity index (χ0n) is 15.6. The van der Waals surface area contributed by atoms with Crippen molar-refractivity contribution < 1.29 is 4.79 Å². The summed E-state index contributed by atoms with van der Waals surface area (Å²) in [6, 6.07) is 23.0. The smallest absolute Gasteiger partial charge is 0.159 e. The molecule has 0 radical (unpaired) electrons. The predicted octanol–water partition coefficient (Wildman–Crippen LogP) is 7.49. The highest BCUT2D eigenvalue weighted by Crippen LogP contribution is 2.15. The molecule has 0 N–H and O–H groups in total. The molecule has 3 aromatic rings. The van der Waals surface area contributed by atoms with Crippen LogP contribution in [0.2, 0.25) is 10.0 Å². The van der Waals surface area contributed by atoms with Crippen molar-refractivity contribution in [2.45, 2.75) is 27.7 Å². The van der Waals surface area contributed by atoms with Gasteiger partial charge in [-0.25, -0.2) is 0 Å². The lowest BCUT2D eigenvalue weighted by Gasteiger charge is -1.96. The summed E-state index contributed by atoms with van der Waals surface area (Å²) in [7, 11) is 0. The van der Waals surface area contributed by atoms with Crippen LogP contribution in [0.15, 0.2) is 72.8 Å². The summed E-state index contributed by atoms with van der Waals surface area (Å²) in [6.45, 7) is 7.67. The first kappa shape index (κ1) is 22.0. The van der Waals surface area contributed by atoms with E-state index in [-0.39, 0.29) is 5.78 Å². The van der Waals surface area contributed by atoms with Crippen molar-refractivity contribution in [3.8, 4) is 0 Å². The lowest BCUT2D eigenvalue weighted by Crippen LogP contribution is -1.88. The summed E-state index contributed by atoms with van der Waals surface area (Å²) < 4.78 is 0. The van der Waals surface area contributed by atoms with E-state index in [1.807, 2.05) is 80.6 Å². The maximum absolute atomic E-state index is 10.6. The van der Waals surface area contributed by atoms with Gasteiger partial charge >= 0.3 is 0 Å². The van der Waals surface area contributed by atoms with Crippen LogP contribution < -0.4 is 0 Å². The van der Waals surface area contributed by atoms with Crippen LogP contribution in [-0.2, 0) is 0 Å². The number of hydrogen-bond acceptors (Lipinski definition) is 1. The summed E-state index contributed by atoms with van der Waals surface area (Å²) in [5.41, 5.74) is 4.43. The van der Waals surface area contributed by atoms with Crippen LogP contribution in [0.25, 0.3) is 0 Å². The molecule has 3 heteroatoms. The van der Waals surface area contributed by atoms with Gasteiger partial charge in [0.1, 0.15) is 0 Å². The Kier molecular flexibility index (Phi) is 9.72. The van der Waals surface area contributed by atoms with E-state index in [1.165, 1.54) is 11.1 Å². The molecule has 0 aliphatic carbocycles. The van der Waals surface area contributed by atoms with Crippen molar-refractivity contribution in [2.75, 3.05) is 0 Å². The van der Waals surface area contributed by atoms with Gasteiger partial charge in [0.2, 0.25) is 0 Å². The maximum Gasteiger partial charge on any atom is 0.159 e. The summed E-state index contributed by atoms with van der Waals surface area (Å²) >= 11 is 11.4. The quantitative estimate of drug-likeness (QED) is 0.395. The van der Waals surface area contributed by atoms with Gasteiger partial charge in [-0.1, -0.05) is 88.9 Å². The van der Waals surface area contributed by atoms with E-state index in [2.05, 4.69) is 13.0 Å². The normalized spacial score (nSPS) is 9.31. The van der Waals surface area contributed by atoms with Crippen LogP contribution >= 0.6 is 23.2 Å². The van der Waals surface area contributed by atoms with E-state index in [9.17, 15) is 4.79 Å². The van der Waals surface area contributed by atoms with Crippen LogP contribution in [0.1, 0.15) is 34.0 Å².